The Labute approximate surface area is 163 Å². The smallest absolute Gasteiger partial charge is 0.323 e. The number of carbonyl (C=O) groups is 1. The van der Waals surface area contributed by atoms with Crippen LogP contribution in [-0.4, -0.2) is 51.6 Å². The molecule has 0 unspecified atom stereocenters. The predicted octanol–water partition coefficient (Wildman–Crippen LogP) is 2.74. The molecule has 2 heterocycles. The number of aliphatic hydroxyl groups excluding tert-OH is 1. The SMILES string of the molecule is COC(=O)[C@@H]1C[C@H](O)CN1Cn1nc(-c2ccc(C(C)(C)C)cc2)oc1=S. The maximum Gasteiger partial charge on any atom is 0.323 e. The van der Waals surface area contributed by atoms with Gasteiger partial charge in [0.05, 0.1) is 19.9 Å². The van der Waals surface area contributed by atoms with E-state index in [0.29, 0.717) is 18.9 Å². The van der Waals surface area contributed by atoms with Gasteiger partial charge in [0, 0.05) is 18.5 Å². The fourth-order valence-corrected chi connectivity index (χ4v) is 3.39. The second kappa shape index (κ2) is 7.53. The summed E-state index contributed by atoms with van der Waals surface area (Å²) in [6.07, 6.45) is -0.251. The van der Waals surface area contributed by atoms with E-state index in [0.717, 1.165) is 5.56 Å². The molecule has 0 radical (unpaired) electrons. The first kappa shape index (κ1) is 19.7. The Balaban J connectivity index is 1.80. The zero-order valence-electron chi connectivity index (χ0n) is 16.0. The van der Waals surface area contributed by atoms with E-state index in [1.807, 2.05) is 12.1 Å². The lowest BCUT2D eigenvalue weighted by Crippen LogP contribution is -2.38. The average Bonchev–Trinajstić information content (AvgIpc) is 3.17. The number of esters is 1. The molecule has 0 bridgehead atoms. The minimum absolute atomic E-state index is 0.0672. The van der Waals surface area contributed by atoms with Crippen molar-refractivity contribution < 1.29 is 19.1 Å². The van der Waals surface area contributed by atoms with Crippen LogP contribution in [0, 0.1) is 4.84 Å². The van der Waals surface area contributed by atoms with Gasteiger partial charge in [0.1, 0.15) is 6.04 Å². The van der Waals surface area contributed by atoms with E-state index in [1.54, 1.807) is 4.90 Å². The van der Waals surface area contributed by atoms with Crippen molar-refractivity contribution in [1.29, 1.82) is 0 Å². The number of aliphatic hydroxyl groups is 1. The van der Waals surface area contributed by atoms with Crippen LogP contribution in [-0.2, 0) is 21.6 Å². The molecule has 8 heteroatoms. The Kier molecular flexibility index (Phi) is 5.50. The van der Waals surface area contributed by atoms with Gasteiger partial charge in [-0.1, -0.05) is 32.9 Å². The number of nitrogens with zero attached hydrogens (tertiary/aromatic N) is 3. The van der Waals surface area contributed by atoms with Crippen molar-refractivity contribution in [1.82, 2.24) is 14.7 Å². The number of aromatic nitrogens is 2. The van der Waals surface area contributed by atoms with Crippen molar-refractivity contribution in [3.05, 3.63) is 34.7 Å². The number of likely N-dealkylation sites (tertiary alicyclic amines) is 1. The summed E-state index contributed by atoms with van der Waals surface area (Å²) < 4.78 is 12.0. The molecule has 7 nitrogen and oxygen atoms in total. The van der Waals surface area contributed by atoms with Crippen molar-refractivity contribution in [2.75, 3.05) is 13.7 Å². The Hall–Kier alpha value is -2.03. The summed E-state index contributed by atoms with van der Waals surface area (Å²) in [6.45, 7) is 7.07. The summed E-state index contributed by atoms with van der Waals surface area (Å²) in [4.78, 5) is 13.9. The van der Waals surface area contributed by atoms with E-state index >= 15 is 0 Å². The third-order valence-electron chi connectivity index (χ3n) is 4.77. The molecule has 2 atom stereocenters. The molecule has 0 amide bonds. The van der Waals surface area contributed by atoms with E-state index in [9.17, 15) is 9.90 Å². The van der Waals surface area contributed by atoms with Crippen molar-refractivity contribution in [2.24, 2.45) is 0 Å². The minimum Gasteiger partial charge on any atom is -0.468 e. The molecule has 0 saturated carbocycles. The first-order valence-corrected chi connectivity index (χ1v) is 9.28. The second-order valence-corrected chi connectivity index (χ2v) is 8.19. The third kappa shape index (κ3) is 4.28. The molecular formula is C19H25N3O4S. The number of rotatable bonds is 4. The van der Waals surface area contributed by atoms with Crippen LogP contribution in [0.1, 0.15) is 32.8 Å². The normalized spacial score (nSPS) is 20.8. The molecule has 1 aliphatic rings. The molecule has 1 aromatic heterocycles. The first-order chi connectivity index (χ1) is 12.7. The van der Waals surface area contributed by atoms with Crippen LogP contribution in [0.5, 0.6) is 0 Å². The lowest BCUT2D eigenvalue weighted by atomic mass is 9.87. The molecule has 1 N–H and O–H groups in total. The van der Waals surface area contributed by atoms with E-state index in [4.69, 9.17) is 21.4 Å². The van der Waals surface area contributed by atoms with Gasteiger partial charge in [-0.2, -0.15) is 0 Å². The van der Waals surface area contributed by atoms with Crippen LogP contribution < -0.4 is 0 Å². The summed E-state index contributed by atoms with van der Waals surface area (Å²) in [7, 11) is 1.34. The topological polar surface area (TPSA) is 80.7 Å². The summed E-state index contributed by atoms with van der Waals surface area (Å²) in [5.74, 6) is 0.0504. The van der Waals surface area contributed by atoms with Gasteiger partial charge in [0.15, 0.2) is 0 Å². The molecule has 2 aromatic rings. The highest BCUT2D eigenvalue weighted by atomic mass is 32.1. The van der Waals surface area contributed by atoms with Gasteiger partial charge in [0.25, 0.3) is 4.84 Å². The van der Waals surface area contributed by atoms with E-state index in [2.05, 4.69) is 38.0 Å². The highest BCUT2D eigenvalue weighted by Crippen LogP contribution is 2.26. The van der Waals surface area contributed by atoms with Crippen molar-refractivity contribution in [3.63, 3.8) is 0 Å². The van der Waals surface area contributed by atoms with Gasteiger partial charge in [-0.25, -0.2) is 4.68 Å². The van der Waals surface area contributed by atoms with Crippen molar-refractivity contribution in [3.8, 4) is 11.5 Å². The maximum absolute atomic E-state index is 11.9. The molecule has 1 saturated heterocycles. The molecule has 1 fully saturated rings. The molecule has 1 aromatic carbocycles. The second-order valence-electron chi connectivity index (χ2n) is 7.84. The summed E-state index contributed by atoms with van der Waals surface area (Å²) in [5, 5.41) is 14.4. The fourth-order valence-electron chi connectivity index (χ4n) is 3.21. The highest BCUT2D eigenvalue weighted by molar-refractivity contribution is 7.71. The maximum atomic E-state index is 11.9. The van der Waals surface area contributed by atoms with Crippen LogP contribution in [0.3, 0.4) is 0 Å². The predicted molar refractivity (Wildman–Crippen MR) is 103 cm³/mol. The fraction of sp³-hybridized carbons (Fsp3) is 0.526. The Morgan fingerprint density at radius 2 is 2.04 bits per heavy atom. The zero-order valence-corrected chi connectivity index (χ0v) is 16.8. The van der Waals surface area contributed by atoms with Gasteiger partial charge in [-0.15, -0.1) is 5.10 Å². The molecule has 27 heavy (non-hydrogen) atoms. The standard InChI is InChI=1S/C19H25N3O4S/c1-19(2,3)13-7-5-12(6-8-13)16-20-22(18(27)26-16)11-21-10-14(23)9-15(21)17(24)25-4/h5-8,14-15,23H,9-11H2,1-4H3/t14-,15-/m0/s1. The number of methoxy groups -OCH3 is 1. The van der Waals surface area contributed by atoms with Crippen LogP contribution in [0.2, 0.25) is 0 Å². The van der Waals surface area contributed by atoms with Gasteiger partial charge in [0.2, 0.25) is 5.89 Å². The van der Waals surface area contributed by atoms with Gasteiger partial charge in [-0.3, -0.25) is 9.69 Å². The summed E-state index contributed by atoms with van der Waals surface area (Å²) in [6, 6.07) is 7.51. The Morgan fingerprint density at radius 3 is 2.63 bits per heavy atom. The number of carbonyl (C=O) groups excluding carboxylic acids is 1. The molecule has 1 aliphatic heterocycles. The van der Waals surface area contributed by atoms with Gasteiger partial charge in [-0.05, 0) is 35.3 Å². The molecular weight excluding hydrogens is 366 g/mol. The number of benzene rings is 1. The summed E-state index contributed by atoms with van der Waals surface area (Å²) >= 11 is 5.28. The van der Waals surface area contributed by atoms with E-state index < -0.39 is 12.1 Å². The lowest BCUT2D eigenvalue weighted by Gasteiger charge is -2.21. The largest absolute Gasteiger partial charge is 0.468 e. The van der Waals surface area contributed by atoms with Crippen molar-refractivity contribution >= 4 is 18.2 Å². The quantitative estimate of drug-likeness (QED) is 0.634. The van der Waals surface area contributed by atoms with Crippen LogP contribution in [0.4, 0.5) is 0 Å². The monoisotopic (exact) mass is 391 g/mol. The number of ether oxygens (including phenoxy) is 1. The van der Waals surface area contributed by atoms with Gasteiger partial charge < -0.3 is 14.3 Å². The van der Waals surface area contributed by atoms with Crippen LogP contribution in [0.25, 0.3) is 11.5 Å². The number of hydrogen-bond donors (Lipinski definition) is 1. The van der Waals surface area contributed by atoms with Crippen molar-refractivity contribution in [2.45, 2.75) is 51.4 Å². The highest BCUT2D eigenvalue weighted by Gasteiger charge is 2.37. The van der Waals surface area contributed by atoms with Gasteiger partial charge >= 0.3 is 5.97 Å². The lowest BCUT2D eigenvalue weighted by molar-refractivity contribution is -0.146. The minimum atomic E-state index is -0.584. The van der Waals surface area contributed by atoms with E-state index in [1.165, 1.54) is 17.4 Å². The first-order valence-electron chi connectivity index (χ1n) is 8.88. The molecule has 3 rings (SSSR count). The third-order valence-corrected chi connectivity index (χ3v) is 5.07. The van der Waals surface area contributed by atoms with Crippen LogP contribution in [0.15, 0.2) is 28.7 Å². The number of hydrogen-bond acceptors (Lipinski definition) is 7. The summed E-state index contributed by atoms with van der Waals surface area (Å²) in [5.41, 5.74) is 2.12. The molecule has 0 aliphatic carbocycles. The van der Waals surface area contributed by atoms with E-state index in [-0.39, 0.29) is 22.9 Å². The zero-order chi connectivity index (χ0) is 19.8. The average molecular weight is 391 g/mol. The number of β-amino-alcohol motifs (C(OH)–C–C–N with tert-alkyl or cyclic N) is 1. The molecule has 146 valence electrons. The Morgan fingerprint density at radius 1 is 1.37 bits per heavy atom. The molecule has 0 spiro atoms. The van der Waals surface area contributed by atoms with Crippen LogP contribution >= 0.6 is 12.2 Å². The Bertz CT molecular complexity index is 866.